The van der Waals surface area contributed by atoms with E-state index in [9.17, 15) is 13.8 Å². The topological polar surface area (TPSA) is 116 Å². The van der Waals surface area contributed by atoms with Gasteiger partial charge in [-0.05, 0) is 97.7 Å². The summed E-state index contributed by atoms with van der Waals surface area (Å²) in [4.78, 5) is 36.9. The number of likely N-dealkylation sites (tertiary alicyclic amines) is 1. The molecule has 3 saturated heterocycles. The fraction of sp³-hybridized carbons (Fsp3) is 0.628. The summed E-state index contributed by atoms with van der Waals surface area (Å²) in [5, 5.41) is 0.722. The van der Waals surface area contributed by atoms with E-state index in [0.717, 1.165) is 95.3 Å². The average molecular weight is 824 g/mol. The number of allylic oxidation sites excluding steroid dienone is 1. The van der Waals surface area contributed by atoms with E-state index < -0.39 is 21.9 Å². The Bertz CT molecular complexity index is 1930. The van der Waals surface area contributed by atoms with E-state index in [1.807, 2.05) is 25.1 Å². The lowest BCUT2D eigenvalue weighted by Gasteiger charge is -2.47. The standard InChI is InChI=1S/C43H59ClN6O6S/c1-30-6-5-8-40(54-2)38-13-10-35(38)26-49-25-34-9-12-36(44)20-32(34)7-3-4-18-56-41-14-11-33(21-39(41)49)42(51)45-57(53,29-30)46-43(52)50-23-31(24-50)22-47-15-16-48-17-19-55-28-37(48)27-47/h5,8-9,11-12,14,20-21,30-31,35,37-38,40H,3-4,6-7,10,13,15-19,22-29H2,1-2H3,(H,45,46,51,52,53)/b8-5+/t30-,35-,37-,38+,40-,57?/m0/s1. The highest BCUT2D eigenvalue weighted by atomic mass is 35.5. The molecule has 0 aromatic heterocycles. The molecule has 2 bridgehead atoms. The maximum Gasteiger partial charge on any atom is 0.329 e. The second-order valence-corrected chi connectivity index (χ2v) is 19.6. The van der Waals surface area contributed by atoms with Crippen LogP contribution in [0.2, 0.25) is 5.02 Å². The number of hydrogen-bond acceptors (Lipinski definition) is 9. The zero-order valence-corrected chi connectivity index (χ0v) is 35.1. The Morgan fingerprint density at radius 1 is 1.04 bits per heavy atom. The van der Waals surface area contributed by atoms with Gasteiger partial charge in [-0.25, -0.2) is 9.00 Å². The fourth-order valence-electron chi connectivity index (χ4n) is 9.57. The average Bonchev–Trinajstić information content (AvgIpc) is 3.19. The van der Waals surface area contributed by atoms with Gasteiger partial charge in [0.2, 0.25) is 0 Å². The smallest absolute Gasteiger partial charge is 0.329 e. The number of halogens is 1. The third kappa shape index (κ3) is 9.65. The van der Waals surface area contributed by atoms with E-state index in [0.29, 0.717) is 67.8 Å². The Morgan fingerprint density at radius 2 is 1.91 bits per heavy atom. The van der Waals surface area contributed by atoms with Crippen molar-refractivity contribution in [3.63, 3.8) is 0 Å². The molecule has 0 radical (unpaired) electrons. The van der Waals surface area contributed by atoms with Gasteiger partial charge >= 0.3 is 6.03 Å². The van der Waals surface area contributed by atoms with Gasteiger partial charge < -0.3 is 28.9 Å². The number of ether oxygens (including phenoxy) is 3. The van der Waals surface area contributed by atoms with Crippen LogP contribution in [-0.2, 0) is 32.4 Å². The molecule has 5 heterocycles. The van der Waals surface area contributed by atoms with Crippen LogP contribution in [0, 0.1) is 23.7 Å². The summed E-state index contributed by atoms with van der Waals surface area (Å²) in [5.41, 5.74) is 3.52. The van der Waals surface area contributed by atoms with Crippen LogP contribution >= 0.6 is 11.6 Å². The number of carbonyl (C=O) groups excluding carboxylic acids is 2. The summed E-state index contributed by atoms with van der Waals surface area (Å²) < 4.78 is 40.1. The normalized spacial score (nSPS) is 31.1. The third-order valence-electron chi connectivity index (χ3n) is 12.9. The lowest BCUT2D eigenvalue weighted by molar-refractivity contribution is -0.0508. The predicted molar refractivity (Wildman–Crippen MR) is 223 cm³/mol. The number of fused-ring (bicyclic) bond motifs is 4. The number of morpholine rings is 1. The number of aryl methyl sites for hydroxylation is 1. The monoisotopic (exact) mass is 822 g/mol. The summed E-state index contributed by atoms with van der Waals surface area (Å²) in [6.45, 7) is 11.6. The second kappa shape index (κ2) is 18.0. The van der Waals surface area contributed by atoms with Crippen LogP contribution in [0.1, 0.15) is 60.5 Å². The Labute approximate surface area is 343 Å². The zero-order valence-electron chi connectivity index (χ0n) is 33.5. The van der Waals surface area contributed by atoms with Crippen molar-refractivity contribution in [2.45, 2.75) is 64.1 Å². The van der Waals surface area contributed by atoms with Crippen molar-refractivity contribution >= 4 is 39.1 Å². The number of rotatable bonds is 4. The first-order valence-electron chi connectivity index (χ1n) is 21.0. The van der Waals surface area contributed by atoms with E-state index in [2.05, 4.69) is 48.1 Å². The lowest BCUT2D eigenvalue weighted by atomic mass is 9.70. The molecule has 0 spiro atoms. The number of nitrogens with one attached hydrogen (secondary N) is 1. The van der Waals surface area contributed by atoms with Gasteiger partial charge in [0, 0.05) is 88.6 Å². The maximum absolute atomic E-state index is 14.8. The number of amides is 3. The van der Waals surface area contributed by atoms with Gasteiger partial charge in [-0.1, -0.05) is 36.7 Å². The number of methoxy groups -OCH3 is 1. The summed E-state index contributed by atoms with van der Waals surface area (Å²) in [5.74, 6) is 1.04. The molecule has 14 heteroatoms. The van der Waals surface area contributed by atoms with Crippen molar-refractivity contribution in [1.82, 2.24) is 19.4 Å². The van der Waals surface area contributed by atoms with Crippen LogP contribution in [0.4, 0.5) is 10.5 Å². The highest BCUT2D eigenvalue weighted by Crippen LogP contribution is 2.42. The predicted octanol–water partition coefficient (Wildman–Crippen LogP) is 5.88. The molecule has 3 amide bonds. The first-order valence-corrected chi connectivity index (χ1v) is 23.1. The van der Waals surface area contributed by atoms with Crippen molar-refractivity contribution in [3.8, 4) is 5.75 Å². The van der Waals surface area contributed by atoms with Gasteiger partial charge in [-0.2, -0.15) is 0 Å². The lowest BCUT2D eigenvalue weighted by Crippen LogP contribution is -2.62. The first kappa shape index (κ1) is 40.6. The van der Waals surface area contributed by atoms with Gasteiger partial charge in [0.05, 0.1) is 37.4 Å². The maximum atomic E-state index is 14.8. The summed E-state index contributed by atoms with van der Waals surface area (Å²) in [6, 6.07) is 11.5. The molecule has 1 aliphatic carbocycles. The molecule has 1 saturated carbocycles. The van der Waals surface area contributed by atoms with Crippen molar-refractivity contribution in [2.75, 3.05) is 89.9 Å². The van der Waals surface area contributed by atoms with Crippen molar-refractivity contribution in [3.05, 3.63) is 70.3 Å². The quantitative estimate of drug-likeness (QED) is 0.378. The molecule has 57 heavy (non-hydrogen) atoms. The van der Waals surface area contributed by atoms with E-state index in [1.165, 1.54) is 11.1 Å². The number of hydrogen-bond donors (Lipinski definition) is 1. The van der Waals surface area contributed by atoms with Crippen LogP contribution < -0.4 is 14.4 Å². The van der Waals surface area contributed by atoms with Gasteiger partial charge in [-0.3, -0.25) is 14.4 Å². The summed E-state index contributed by atoms with van der Waals surface area (Å²) >= 11 is 6.50. The molecule has 310 valence electrons. The molecule has 1 unspecified atom stereocenters. The molecule has 6 aliphatic rings. The molecular weight excluding hydrogens is 764 g/mol. The van der Waals surface area contributed by atoms with Crippen molar-refractivity contribution in [2.24, 2.45) is 28.0 Å². The van der Waals surface area contributed by atoms with Gasteiger partial charge in [0.1, 0.15) is 15.7 Å². The minimum Gasteiger partial charge on any atom is -0.491 e. The number of carbonyl (C=O) groups is 2. The first-order chi connectivity index (χ1) is 27.6. The molecule has 1 N–H and O–H groups in total. The van der Waals surface area contributed by atoms with E-state index >= 15 is 0 Å². The Morgan fingerprint density at radius 3 is 2.74 bits per heavy atom. The van der Waals surface area contributed by atoms with Crippen molar-refractivity contribution < 1.29 is 28.0 Å². The molecule has 8 rings (SSSR count). The molecule has 12 nitrogen and oxygen atoms in total. The minimum atomic E-state index is -3.50. The molecule has 4 fully saturated rings. The van der Waals surface area contributed by atoms with E-state index in [4.69, 9.17) is 25.8 Å². The third-order valence-corrected chi connectivity index (χ3v) is 15.1. The number of piperazine rings is 1. The van der Waals surface area contributed by atoms with Gasteiger partial charge in [-0.15, -0.1) is 4.36 Å². The molecule has 5 aliphatic heterocycles. The summed E-state index contributed by atoms with van der Waals surface area (Å²) in [6.07, 6.45) is 9.68. The van der Waals surface area contributed by atoms with Crippen LogP contribution in [0.3, 0.4) is 0 Å². The Balaban J connectivity index is 1.06. The Kier molecular flexibility index (Phi) is 12.8. The van der Waals surface area contributed by atoms with Gasteiger partial charge in [0.15, 0.2) is 0 Å². The number of nitrogens with zero attached hydrogens (tertiary/aromatic N) is 5. The fourth-order valence-corrected chi connectivity index (χ4v) is 11.6. The number of urea groups is 1. The molecular formula is C43H59ClN6O6S. The highest BCUT2D eigenvalue weighted by Gasteiger charge is 2.39. The van der Waals surface area contributed by atoms with Crippen LogP contribution in [-0.4, -0.2) is 128 Å². The molecule has 2 aromatic rings. The summed E-state index contributed by atoms with van der Waals surface area (Å²) in [7, 11) is -1.72. The van der Waals surface area contributed by atoms with Gasteiger partial charge in [0.25, 0.3) is 5.91 Å². The second-order valence-electron chi connectivity index (χ2n) is 17.2. The molecule has 6 atom stereocenters. The SMILES string of the molecule is CO[C@H]1/C=C/C[C@H](C)CS(=O)(NC(=O)N2CC(CN3CCN4CCOC[C@@H]4C3)C2)=NC(=O)c2ccc3c(c2)N(Cc2ccc(Cl)cc2CCCCO3)C[C@@H]2CC[C@H]21. The molecule has 2 aromatic carbocycles. The van der Waals surface area contributed by atoms with E-state index in [1.54, 1.807) is 18.1 Å². The minimum absolute atomic E-state index is 0.0447. The number of anilines is 1. The van der Waals surface area contributed by atoms with Crippen LogP contribution in [0.15, 0.2) is 52.9 Å². The number of benzene rings is 2. The van der Waals surface area contributed by atoms with Crippen LogP contribution in [0.5, 0.6) is 5.75 Å². The van der Waals surface area contributed by atoms with Crippen molar-refractivity contribution in [1.29, 1.82) is 0 Å². The largest absolute Gasteiger partial charge is 0.491 e. The highest BCUT2D eigenvalue weighted by molar-refractivity contribution is 7.92. The van der Waals surface area contributed by atoms with Crippen LogP contribution in [0.25, 0.3) is 0 Å². The zero-order chi connectivity index (χ0) is 39.5. The van der Waals surface area contributed by atoms with E-state index in [-0.39, 0.29) is 17.8 Å². The Hall–Kier alpha value is -3.20.